The van der Waals surface area contributed by atoms with Crippen molar-refractivity contribution in [2.45, 2.75) is 65.4 Å². The van der Waals surface area contributed by atoms with Gasteiger partial charge in [0.05, 0.1) is 27.4 Å². The minimum absolute atomic E-state index is 0.0368. The smallest absolute Gasteiger partial charge is 0.338 e. The maximum atomic E-state index is 12.4. The molecule has 1 unspecified atom stereocenters. The first-order valence-corrected chi connectivity index (χ1v) is 9.16. The Morgan fingerprint density at radius 2 is 1.61 bits per heavy atom. The van der Waals surface area contributed by atoms with Crippen LogP contribution in [0.4, 0.5) is 0 Å². The molecule has 4 nitrogen and oxygen atoms in total. The lowest BCUT2D eigenvalue weighted by molar-refractivity contribution is 0.0378. The molecular formula is C18H29NO3S. The van der Waals surface area contributed by atoms with E-state index < -0.39 is 11.0 Å². The highest BCUT2D eigenvalue weighted by Crippen LogP contribution is 2.24. The van der Waals surface area contributed by atoms with Gasteiger partial charge in [-0.1, -0.05) is 26.0 Å². The molecule has 1 N–H and O–H groups in total. The largest absolute Gasteiger partial charge is 0.459 e. The first kappa shape index (κ1) is 19.8. The topological polar surface area (TPSA) is 55.4 Å². The van der Waals surface area contributed by atoms with Crippen LogP contribution >= 0.6 is 0 Å². The van der Waals surface area contributed by atoms with Crippen molar-refractivity contribution in [3.8, 4) is 0 Å². The van der Waals surface area contributed by atoms with Gasteiger partial charge in [0.1, 0.15) is 0 Å². The third kappa shape index (κ3) is 6.07. The van der Waals surface area contributed by atoms with Crippen molar-refractivity contribution in [1.29, 1.82) is 0 Å². The van der Waals surface area contributed by atoms with Crippen LogP contribution in [-0.4, -0.2) is 21.0 Å². The lowest BCUT2D eigenvalue weighted by Gasteiger charge is -2.27. The second-order valence-electron chi connectivity index (χ2n) is 7.30. The molecule has 130 valence electrons. The van der Waals surface area contributed by atoms with Crippen molar-refractivity contribution >= 4 is 17.0 Å². The molecule has 1 rings (SSSR count). The van der Waals surface area contributed by atoms with Crippen molar-refractivity contribution in [3.63, 3.8) is 0 Å². The molecule has 0 saturated heterocycles. The quantitative estimate of drug-likeness (QED) is 0.797. The van der Waals surface area contributed by atoms with E-state index in [1.807, 2.05) is 46.8 Å². The maximum absolute atomic E-state index is 12.4. The number of hydrogen-bond donors (Lipinski definition) is 1. The third-order valence-electron chi connectivity index (χ3n) is 3.31. The van der Waals surface area contributed by atoms with Gasteiger partial charge in [-0.15, -0.1) is 0 Å². The normalized spacial score (nSPS) is 14.8. The van der Waals surface area contributed by atoms with Crippen LogP contribution < -0.4 is 4.72 Å². The van der Waals surface area contributed by atoms with Crippen molar-refractivity contribution in [1.82, 2.24) is 4.72 Å². The summed E-state index contributed by atoms with van der Waals surface area (Å²) < 4.78 is 20.4. The molecule has 0 aliphatic heterocycles. The van der Waals surface area contributed by atoms with E-state index in [0.29, 0.717) is 5.56 Å². The van der Waals surface area contributed by atoms with Gasteiger partial charge in [0.2, 0.25) is 0 Å². The van der Waals surface area contributed by atoms with Gasteiger partial charge in [-0.25, -0.2) is 13.7 Å². The minimum Gasteiger partial charge on any atom is -0.459 e. The zero-order valence-electron chi connectivity index (χ0n) is 15.2. The van der Waals surface area contributed by atoms with Crippen LogP contribution in [0.5, 0.6) is 0 Å². The van der Waals surface area contributed by atoms with Crippen molar-refractivity contribution in [3.05, 3.63) is 35.4 Å². The van der Waals surface area contributed by atoms with Gasteiger partial charge in [0, 0.05) is 6.04 Å². The Hall–Kier alpha value is -1.20. The number of rotatable bonds is 6. The highest BCUT2D eigenvalue weighted by molar-refractivity contribution is 7.84. The lowest BCUT2D eigenvalue weighted by atomic mass is 9.96. The number of benzene rings is 1. The number of carbonyl (C=O) groups is 1. The highest BCUT2D eigenvalue weighted by Gasteiger charge is 2.25. The minimum atomic E-state index is -1.15. The zero-order valence-corrected chi connectivity index (χ0v) is 16.0. The highest BCUT2D eigenvalue weighted by atomic mass is 32.2. The molecule has 0 radical (unpaired) electrons. The van der Waals surface area contributed by atoms with Crippen LogP contribution in [0.1, 0.15) is 70.4 Å². The molecule has 0 heterocycles. The number of esters is 1. The van der Waals surface area contributed by atoms with E-state index in [2.05, 4.69) is 18.6 Å². The monoisotopic (exact) mass is 339 g/mol. The van der Waals surface area contributed by atoms with E-state index in [4.69, 9.17) is 4.74 Å². The van der Waals surface area contributed by atoms with Gasteiger partial charge in [0.25, 0.3) is 0 Å². The molecule has 0 bridgehead atoms. The summed E-state index contributed by atoms with van der Waals surface area (Å²) in [4.78, 5) is 11.9. The number of carbonyl (C=O) groups excluding carboxylic acids is 1. The summed E-state index contributed by atoms with van der Waals surface area (Å²) in [7, 11) is -1.15. The Balaban J connectivity index is 2.93. The summed E-state index contributed by atoms with van der Waals surface area (Å²) in [5, 5.41) is 0. The molecule has 2 atom stereocenters. The molecule has 0 aliphatic carbocycles. The summed E-state index contributed by atoms with van der Waals surface area (Å²) in [6.45, 7) is 13.6. The Kier molecular flexibility index (Phi) is 6.96. The van der Waals surface area contributed by atoms with Gasteiger partial charge in [0.15, 0.2) is 0 Å². The number of ether oxygens (including phenoxy) is 1. The Morgan fingerprint density at radius 1 is 1.09 bits per heavy atom. The summed E-state index contributed by atoms with van der Waals surface area (Å²) in [6.07, 6.45) is -0.138. The average Bonchev–Trinajstić information content (AvgIpc) is 2.42. The van der Waals surface area contributed by atoms with Crippen LogP contribution in [0.3, 0.4) is 0 Å². The predicted octanol–water partition coefficient (Wildman–Crippen LogP) is 4.00. The van der Waals surface area contributed by atoms with E-state index in [1.54, 1.807) is 12.1 Å². The molecule has 1 aromatic carbocycles. The zero-order chi connectivity index (χ0) is 17.8. The van der Waals surface area contributed by atoms with E-state index in [1.165, 1.54) is 0 Å². The second kappa shape index (κ2) is 8.06. The average molecular weight is 340 g/mol. The molecule has 0 spiro atoms. The third-order valence-corrected chi connectivity index (χ3v) is 4.89. The molecule has 0 aliphatic rings. The first-order valence-electron chi connectivity index (χ1n) is 8.01. The fourth-order valence-corrected chi connectivity index (χ4v) is 2.98. The standard InChI is InChI=1S/C18H29NO3S/c1-12(2)16(19-23(21)18(5,6)7)14-8-10-15(11-9-14)17(20)22-13(3)4/h8-13,16,19H,1-7H3/t16-,23?/m0/s1. The van der Waals surface area contributed by atoms with Crippen molar-refractivity contribution in [2.24, 2.45) is 5.92 Å². The molecule has 0 amide bonds. The molecule has 1 aromatic rings. The van der Waals surface area contributed by atoms with E-state index in [-0.39, 0.29) is 28.8 Å². The van der Waals surface area contributed by atoms with Gasteiger partial charge in [-0.05, 0) is 58.2 Å². The molecule has 23 heavy (non-hydrogen) atoms. The van der Waals surface area contributed by atoms with Crippen LogP contribution in [0, 0.1) is 5.92 Å². The van der Waals surface area contributed by atoms with Gasteiger partial charge in [-0.2, -0.15) is 0 Å². The maximum Gasteiger partial charge on any atom is 0.338 e. The van der Waals surface area contributed by atoms with Crippen LogP contribution in [0.2, 0.25) is 0 Å². The molecule has 0 saturated carbocycles. The van der Waals surface area contributed by atoms with E-state index >= 15 is 0 Å². The predicted molar refractivity (Wildman–Crippen MR) is 95.6 cm³/mol. The Labute approximate surface area is 142 Å². The van der Waals surface area contributed by atoms with Crippen LogP contribution in [-0.2, 0) is 15.7 Å². The summed E-state index contributed by atoms with van der Waals surface area (Å²) in [5.74, 6) is -0.0476. The molecular weight excluding hydrogens is 310 g/mol. The summed E-state index contributed by atoms with van der Waals surface area (Å²) >= 11 is 0. The first-order chi connectivity index (χ1) is 10.5. The fraction of sp³-hybridized carbons (Fsp3) is 0.611. The van der Waals surface area contributed by atoms with Crippen molar-refractivity contribution < 1.29 is 13.7 Å². The summed E-state index contributed by atoms with van der Waals surface area (Å²) in [5.41, 5.74) is 1.54. The Morgan fingerprint density at radius 3 is 2.00 bits per heavy atom. The lowest BCUT2D eigenvalue weighted by Crippen LogP contribution is -2.37. The second-order valence-corrected chi connectivity index (χ2v) is 9.29. The number of hydrogen-bond acceptors (Lipinski definition) is 3. The van der Waals surface area contributed by atoms with Crippen LogP contribution in [0.15, 0.2) is 24.3 Å². The summed E-state index contributed by atoms with van der Waals surface area (Å²) in [6, 6.07) is 7.28. The Bertz CT molecular complexity index is 544. The molecule has 0 aromatic heterocycles. The van der Waals surface area contributed by atoms with Gasteiger partial charge in [-0.3, -0.25) is 0 Å². The molecule has 0 fully saturated rings. The van der Waals surface area contributed by atoms with E-state index in [0.717, 1.165) is 5.56 Å². The van der Waals surface area contributed by atoms with Gasteiger partial charge < -0.3 is 4.74 Å². The van der Waals surface area contributed by atoms with Crippen molar-refractivity contribution in [2.75, 3.05) is 0 Å². The molecule has 5 heteroatoms. The fourth-order valence-electron chi connectivity index (χ4n) is 1.99. The van der Waals surface area contributed by atoms with Crippen LogP contribution in [0.25, 0.3) is 0 Å². The van der Waals surface area contributed by atoms with E-state index in [9.17, 15) is 9.00 Å². The SMILES string of the molecule is CC(C)OC(=O)c1ccc([C@@H](NS(=O)C(C)(C)C)C(C)C)cc1. The number of nitrogens with one attached hydrogen (secondary N) is 1. The van der Waals surface area contributed by atoms with Gasteiger partial charge >= 0.3 is 5.97 Å².